The van der Waals surface area contributed by atoms with Crippen molar-refractivity contribution in [1.82, 2.24) is 4.57 Å². The van der Waals surface area contributed by atoms with E-state index in [2.05, 4.69) is 110 Å². The smallest absolute Gasteiger partial charge is 1.00 e. The number of aromatic nitrogens is 1. The van der Waals surface area contributed by atoms with Crippen LogP contribution in [0.4, 0.5) is 0 Å². The summed E-state index contributed by atoms with van der Waals surface area (Å²) < 4.78 is 2.25. The van der Waals surface area contributed by atoms with Gasteiger partial charge >= 0.3 is 21.7 Å². The van der Waals surface area contributed by atoms with E-state index in [0.29, 0.717) is 0 Å². The molecule has 156 valence electrons. The Morgan fingerprint density at radius 2 is 1.65 bits per heavy atom. The van der Waals surface area contributed by atoms with Crippen LogP contribution in [0.15, 0.2) is 96.7 Å². The fourth-order valence-electron chi connectivity index (χ4n) is 3.68. The Hall–Kier alpha value is -1.90. The first kappa shape index (κ1) is 27.1. The van der Waals surface area contributed by atoms with E-state index in [1.165, 1.54) is 38.9 Å². The van der Waals surface area contributed by atoms with E-state index < -0.39 is 0 Å². The molecule has 0 N–H and O–H groups in total. The Morgan fingerprint density at radius 1 is 0.935 bits per heavy atom. The molecule has 0 unspecified atom stereocenters. The van der Waals surface area contributed by atoms with Gasteiger partial charge in [-0.1, -0.05) is 36.4 Å². The summed E-state index contributed by atoms with van der Waals surface area (Å²) in [5.74, 6) is 0. The number of fused-ring (bicyclic) bond motifs is 1. The second-order valence-corrected chi connectivity index (χ2v) is 7.34. The van der Waals surface area contributed by atoms with E-state index >= 15 is 0 Å². The maximum absolute atomic E-state index is 3.31. The molecule has 0 amide bonds. The summed E-state index contributed by atoms with van der Waals surface area (Å²) in [5, 5.41) is 2.62. The summed E-state index contributed by atoms with van der Waals surface area (Å²) in [6.45, 7) is 4.27. The van der Waals surface area contributed by atoms with Gasteiger partial charge in [0, 0.05) is 11.9 Å². The number of nitrogens with zero attached hydrogens (tertiary/aromatic N) is 1. The zero-order valence-electron chi connectivity index (χ0n) is 17.8. The molecule has 1 nitrogen and oxygen atoms in total. The summed E-state index contributed by atoms with van der Waals surface area (Å²) in [4.78, 5) is 0. The van der Waals surface area contributed by atoms with Gasteiger partial charge in [-0.25, -0.2) is 11.6 Å². The fourth-order valence-corrected chi connectivity index (χ4v) is 3.68. The molecule has 1 heterocycles. The summed E-state index contributed by atoms with van der Waals surface area (Å²) in [6.07, 6.45) is 11.8. The predicted molar refractivity (Wildman–Crippen MR) is 119 cm³/mol. The van der Waals surface area contributed by atoms with E-state index in [1.54, 1.807) is 0 Å². The van der Waals surface area contributed by atoms with Crippen LogP contribution in [0, 0.1) is 19.9 Å². The van der Waals surface area contributed by atoms with Crippen LogP contribution in [-0.2, 0) is 28.1 Å². The maximum atomic E-state index is 3.31. The third kappa shape index (κ3) is 7.05. The van der Waals surface area contributed by atoms with Crippen LogP contribution in [-0.4, -0.2) is 4.57 Å². The van der Waals surface area contributed by atoms with Crippen molar-refractivity contribution in [3.8, 4) is 5.69 Å². The molecule has 4 heteroatoms. The van der Waals surface area contributed by atoms with Gasteiger partial charge in [0.05, 0.1) is 0 Å². The van der Waals surface area contributed by atoms with Crippen molar-refractivity contribution in [2.24, 2.45) is 0 Å². The zero-order valence-corrected chi connectivity index (χ0v) is 20.9. The number of hydrogen-bond acceptors (Lipinski definition) is 0. The van der Waals surface area contributed by atoms with Gasteiger partial charge in [0.2, 0.25) is 0 Å². The molecule has 31 heavy (non-hydrogen) atoms. The molecule has 0 bridgehead atoms. The standard InChI is InChI=1S/C15H14N.C12H11.2ClH.Ti/c1-11-7-12(2)16(10-11)15-8-13-5-3-4-6-14(13)9-15;1-2-6-11(7-3-1)10-12-8-4-5-9-12;;;/h3-10H,1-2H3;1-4,6-8H,5,10H2;2*1H;/q2*-1;;;+4/p-2. The Bertz CT molecular complexity index is 1100. The number of halogens is 2. The first-order chi connectivity index (χ1) is 13.7. The van der Waals surface area contributed by atoms with Gasteiger partial charge in [-0.15, -0.1) is 47.5 Å². The van der Waals surface area contributed by atoms with Gasteiger partial charge in [0.15, 0.2) is 0 Å². The monoisotopic (exact) mass is 481 g/mol. The van der Waals surface area contributed by atoms with E-state index in [0.717, 1.165) is 12.8 Å². The van der Waals surface area contributed by atoms with Crippen molar-refractivity contribution in [3.05, 3.63) is 120 Å². The molecule has 1 aliphatic rings. The minimum absolute atomic E-state index is 0. The second-order valence-electron chi connectivity index (χ2n) is 7.34. The Morgan fingerprint density at radius 3 is 2.26 bits per heavy atom. The Labute approximate surface area is 212 Å². The van der Waals surface area contributed by atoms with Gasteiger partial charge < -0.3 is 29.4 Å². The Kier molecular flexibility index (Phi) is 11.2. The molecule has 3 aromatic carbocycles. The third-order valence-corrected chi connectivity index (χ3v) is 5.03. The topological polar surface area (TPSA) is 4.93 Å². The average Bonchev–Trinajstić information content (AvgIpc) is 3.43. The van der Waals surface area contributed by atoms with Crippen LogP contribution in [0.2, 0.25) is 0 Å². The molecular formula is C27H25Cl2NTi. The molecule has 0 atom stereocenters. The van der Waals surface area contributed by atoms with E-state index in [-0.39, 0.29) is 46.5 Å². The van der Waals surface area contributed by atoms with Gasteiger partial charge in [0.1, 0.15) is 0 Å². The van der Waals surface area contributed by atoms with E-state index in [4.69, 9.17) is 0 Å². The minimum atomic E-state index is 0. The summed E-state index contributed by atoms with van der Waals surface area (Å²) >= 11 is 0. The van der Waals surface area contributed by atoms with Crippen LogP contribution in [0.1, 0.15) is 23.2 Å². The number of hydrogen-bond donors (Lipinski definition) is 0. The van der Waals surface area contributed by atoms with Crippen molar-refractivity contribution in [2.45, 2.75) is 26.7 Å². The summed E-state index contributed by atoms with van der Waals surface area (Å²) in [7, 11) is 0. The number of rotatable bonds is 3. The van der Waals surface area contributed by atoms with Gasteiger partial charge in [-0.05, 0) is 43.1 Å². The molecule has 0 spiro atoms. The molecular weight excluding hydrogens is 457 g/mol. The van der Waals surface area contributed by atoms with Crippen LogP contribution in [0.25, 0.3) is 16.5 Å². The van der Waals surface area contributed by atoms with Crippen molar-refractivity contribution in [1.29, 1.82) is 0 Å². The van der Waals surface area contributed by atoms with Crippen molar-refractivity contribution >= 4 is 10.8 Å². The van der Waals surface area contributed by atoms with Crippen molar-refractivity contribution in [2.75, 3.05) is 0 Å². The normalized spacial score (nSPS) is 11.5. The number of benzene rings is 2. The van der Waals surface area contributed by atoms with Gasteiger partial charge in [-0.3, -0.25) is 6.08 Å². The number of allylic oxidation sites excluding steroid dienone is 4. The summed E-state index contributed by atoms with van der Waals surface area (Å²) in [6, 6.07) is 25.7. The second kappa shape index (κ2) is 12.8. The molecule has 0 aliphatic heterocycles. The first-order valence-corrected chi connectivity index (χ1v) is 9.81. The summed E-state index contributed by atoms with van der Waals surface area (Å²) in [5.41, 5.74) is 6.54. The third-order valence-electron chi connectivity index (χ3n) is 5.03. The van der Waals surface area contributed by atoms with E-state index in [9.17, 15) is 0 Å². The van der Waals surface area contributed by atoms with Crippen LogP contribution >= 0.6 is 0 Å². The molecule has 0 saturated carbocycles. The molecule has 0 saturated heterocycles. The Balaban J connectivity index is 0.000000292. The average molecular weight is 482 g/mol. The molecule has 0 fully saturated rings. The van der Waals surface area contributed by atoms with Crippen LogP contribution in [0.5, 0.6) is 0 Å². The van der Waals surface area contributed by atoms with Gasteiger partial charge in [0.25, 0.3) is 0 Å². The fraction of sp³-hybridized carbons (Fsp3) is 0.148. The van der Waals surface area contributed by atoms with Crippen molar-refractivity contribution in [3.63, 3.8) is 0 Å². The first-order valence-electron chi connectivity index (χ1n) is 9.81. The SMILES string of the molecule is Cc1cc(C)n(-c2cc3ccccc3[cH-]2)c1.[C-]1=C(Cc2ccccc2)C=CC1.[Cl-].[Cl-].[Ti+4]. The van der Waals surface area contributed by atoms with E-state index in [1.807, 2.05) is 6.07 Å². The minimum Gasteiger partial charge on any atom is -1.00 e. The molecule has 0 radical (unpaired) electrons. The predicted octanol–water partition coefficient (Wildman–Crippen LogP) is 0.890. The molecule has 4 aromatic rings. The van der Waals surface area contributed by atoms with Crippen LogP contribution in [0.3, 0.4) is 0 Å². The zero-order chi connectivity index (χ0) is 19.3. The number of aryl methyl sites for hydroxylation is 2. The van der Waals surface area contributed by atoms with Crippen molar-refractivity contribution < 1.29 is 46.5 Å². The maximum Gasteiger partial charge on any atom is 4.00 e. The largest absolute Gasteiger partial charge is 4.00 e. The van der Waals surface area contributed by atoms with Gasteiger partial charge in [-0.2, -0.15) is 6.08 Å². The molecule has 1 aliphatic carbocycles. The molecule has 5 rings (SSSR count). The molecule has 1 aromatic heterocycles. The van der Waals surface area contributed by atoms with Crippen LogP contribution < -0.4 is 24.8 Å². The quantitative estimate of drug-likeness (QED) is 0.302.